The molecule has 0 saturated carbocycles. The zero-order valence-electron chi connectivity index (χ0n) is 13.1. The topological polar surface area (TPSA) is 35.5 Å². The molecule has 0 spiro atoms. The second kappa shape index (κ2) is 8.00. The van der Waals surface area contributed by atoms with E-state index in [1.807, 2.05) is 24.3 Å². The second-order valence-corrected chi connectivity index (χ2v) is 4.88. The lowest BCUT2D eigenvalue weighted by Crippen LogP contribution is -2.08. The van der Waals surface area contributed by atoms with Gasteiger partial charge in [0.15, 0.2) is 11.6 Å². The average molecular weight is 312 g/mol. The third-order valence-electron chi connectivity index (χ3n) is 3.19. The lowest BCUT2D eigenvalue weighted by atomic mass is 10.1. The second-order valence-electron chi connectivity index (χ2n) is 4.88. The minimum absolute atomic E-state index is 0.0142. The van der Waals surface area contributed by atoms with Crippen LogP contribution in [0.1, 0.15) is 23.6 Å². The molecule has 0 N–H and O–H groups in total. The number of benzene rings is 2. The van der Waals surface area contributed by atoms with Gasteiger partial charge in [0, 0.05) is 5.56 Å². The molecule has 2 rings (SSSR count). The van der Waals surface area contributed by atoms with Crippen molar-refractivity contribution >= 4 is 5.97 Å². The maximum absolute atomic E-state index is 13.6. The van der Waals surface area contributed by atoms with E-state index in [-0.39, 0.29) is 18.8 Å². The third-order valence-corrected chi connectivity index (χ3v) is 3.19. The Balaban J connectivity index is 1.89. The molecular formula is C19H17FO3. The van der Waals surface area contributed by atoms with E-state index in [0.29, 0.717) is 5.56 Å². The van der Waals surface area contributed by atoms with Crippen molar-refractivity contribution in [2.24, 2.45) is 0 Å². The highest BCUT2D eigenvalue weighted by atomic mass is 19.1. The first-order valence-corrected chi connectivity index (χ1v) is 7.12. The van der Waals surface area contributed by atoms with Crippen molar-refractivity contribution in [3.63, 3.8) is 0 Å². The van der Waals surface area contributed by atoms with Crippen LogP contribution >= 0.6 is 0 Å². The van der Waals surface area contributed by atoms with E-state index in [1.54, 1.807) is 13.0 Å². The fourth-order valence-electron chi connectivity index (χ4n) is 2.03. The van der Waals surface area contributed by atoms with Crippen molar-refractivity contribution in [2.45, 2.75) is 20.0 Å². The fraction of sp³-hybridized carbons (Fsp3) is 0.211. The molecule has 118 valence electrons. The van der Waals surface area contributed by atoms with Crippen LogP contribution in [0.4, 0.5) is 4.39 Å². The number of esters is 1. The van der Waals surface area contributed by atoms with Crippen LogP contribution in [0.25, 0.3) is 0 Å². The van der Waals surface area contributed by atoms with E-state index in [0.717, 1.165) is 11.1 Å². The SMILES string of the molecule is CC#Cc1ccc(COC(=O)Cc2ccc(OC)c(F)c2)cc1. The zero-order chi connectivity index (χ0) is 16.7. The van der Waals surface area contributed by atoms with Crippen LogP contribution in [-0.4, -0.2) is 13.1 Å². The molecule has 0 heterocycles. The third kappa shape index (κ3) is 4.86. The quantitative estimate of drug-likeness (QED) is 0.626. The van der Waals surface area contributed by atoms with E-state index in [2.05, 4.69) is 11.8 Å². The summed E-state index contributed by atoms with van der Waals surface area (Å²) in [5.41, 5.74) is 2.33. The Morgan fingerprint density at radius 3 is 2.43 bits per heavy atom. The summed E-state index contributed by atoms with van der Waals surface area (Å²) in [4.78, 5) is 11.8. The maximum Gasteiger partial charge on any atom is 0.310 e. The van der Waals surface area contributed by atoms with Crippen molar-refractivity contribution in [1.29, 1.82) is 0 Å². The first-order chi connectivity index (χ1) is 11.1. The molecule has 0 aliphatic rings. The van der Waals surface area contributed by atoms with Gasteiger partial charge in [-0.1, -0.05) is 24.1 Å². The molecule has 0 amide bonds. The monoisotopic (exact) mass is 312 g/mol. The van der Waals surface area contributed by atoms with Crippen LogP contribution in [0.5, 0.6) is 5.75 Å². The Kier molecular flexibility index (Phi) is 5.76. The minimum Gasteiger partial charge on any atom is -0.494 e. The lowest BCUT2D eigenvalue weighted by Gasteiger charge is -2.07. The largest absolute Gasteiger partial charge is 0.494 e. The van der Waals surface area contributed by atoms with Gasteiger partial charge in [-0.15, -0.1) is 5.92 Å². The highest BCUT2D eigenvalue weighted by molar-refractivity contribution is 5.72. The molecule has 0 saturated heterocycles. The zero-order valence-corrected chi connectivity index (χ0v) is 13.1. The minimum atomic E-state index is -0.495. The van der Waals surface area contributed by atoms with Crippen molar-refractivity contribution < 1.29 is 18.7 Å². The van der Waals surface area contributed by atoms with Gasteiger partial charge in [-0.25, -0.2) is 4.39 Å². The van der Waals surface area contributed by atoms with E-state index in [4.69, 9.17) is 9.47 Å². The number of rotatable bonds is 5. The lowest BCUT2D eigenvalue weighted by molar-refractivity contribution is -0.144. The Bertz CT molecular complexity index is 739. The van der Waals surface area contributed by atoms with Crippen molar-refractivity contribution in [3.8, 4) is 17.6 Å². The van der Waals surface area contributed by atoms with E-state index >= 15 is 0 Å². The standard InChI is InChI=1S/C19H17FO3/c1-3-4-14-5-7-15(8-6-14)13-23-19(21)12-16-9-10-18(22-2)17(20)11-16/h5-11H,12-13H2,1-2H3. The number of hydrogen-bond donors (Lipinski definition) is 0. The maximum atomic E-state index is 13.6. The van der Waals surface area contributed by atoms with Gasteiger partial charge in [0.05, 0.1) is 13.5 Å². The van der Waals surface area contributed by atoms with Crippen LogP contribution in [0.2, 0.25) is 0 Å². The Hall–Kier alpha value is -2.80. The van der Waals surface area contributed by atoms with Crippen molar-refractivity contribution in [1.82, 2.24) is 0 Å². The molecule has 0 radical (unpaired) electrons. The van der Waals surface area contributed by atoms with Gasteiger partial charge < -0.3 is 9.47 Å². The van der Waals surface area contributed by atoms with Gasteiger partial charge in [-0.2, -0.15) is 0 Å². The summed E-state index contributed by atoms with van der Waals surface area (Å²) < 4.78 is 23.6. The number of carbonyl (C=O) groups excluding carboxylic acids is 1. The summed E-state index contributed by atoms with van der Waals surface area (Å²) >= 11 is 0. The van der Waals surface area contributed by atoms with Gasteiger partial charge >= 0.3 is 5.97 Å². The van der Waals surface area contributed by atoms with E-state index in [1.165, 1.54) is 19.2 Å². The van der Waals surface area contributed by atoms with Gasteiger partial charge in [0.1, 0.15) is 6.61 Å². The first-order valence-electron chi connectivity index (χ1n) is 7.12. The Labute approximate surface area is 135 Å². The van der Waals surface area contributed by atoms with E-state index < -0.39 is 11.8 Å². The molecule has 0 aromatic heterocycles. The van der Waals surface area contributed by atoms with Gasteiger partial charge in [-0.3, -0.25) is 4.79 Å². The molecule has 0 unspecified atom stereocenters. The predicted octanol–water partition coefficient (Wildman–Crippen LogP) is 3.49. The van der Waals surface area contributed by atoms with Crippen LogP contribution in [0, 0.1) is 17.7 Å². The fourth-order valence-corrected chi connectivity index (χ4v) is 2.03. The molecule has 0 aliphatic heterocycles. The molecule has 0 atom stereocenters. The number of ether oxygens (including phenoxy) is 2. The Morgan fingerprint density at radius 2 is 1.83 bits per heavy atom. The number of methoxy groups -OCH3 is 1. The van der Waals surface area contributed by atoms with Gasteiger partial charge in [0.2, 0.25) is 0 Å². The summed E-state index contributed by atoms with van der Waals surface area (Å²) in [6.45, 7) is 1.95. The van der Waals surface area contributed by atoms with Gasteiger partial charge in [0.25, 0.3) is 0 Å². The molecule has 3 nitrogen and oxygen atoms in total. The summed E-state index contributed by atoms with van der Waals surface area (Å²) in [6, 6.07) is 11.9. The van der Waals surface area contributed by atoms with E-state index in [9.17, 15) is 9.18 Å². The van der Waals surface area contributed by atoms with Crippen molar-refractivity contribution in [2.75, 3.05) is 7.11 Å². The summed E-state index contributed by atoms with van der Waals surface area (Å²) in [6.07, 6.45) is 0.0142. The Morgan fingerprint density at radius 1 is 1.13 bits per heavy atom. The average Bonchev–Trinajstić information content (AvgIpc) is 2.55. The summed E-state index contributed by atoms with van der Waals surface area (Å²) in [5.74, 6) is 5.01. The van der Waals surface area contributed by atoms with Crippen LogP contribution in [0.15, 0.2) is 42.5 Å². The molecule has 4 heteroatoms. The predicted molar refractivity (Wildman–Crippen MR) is 85.4 cm³/mol. The smallest absolute Gasteiger partial charge is 0.310 e. The highest BCUT2D eigenvalue weighted by Gasteiger charge is 2.09. The van der Waals surface area contributed by atoms with Crippen LogP contribution < -0.4 is 4.74 Å². The van der Waals surface area contributed by atoms with Crippen LogP contribution in [-0.2, 0) is 22.6 Å². The molecule has 0 bridgehead atoms. The molecule has 23 heavy (non-hydrogen) atoms. The summed E-state index contributed by atoms with van der Waals surface area (Å²) in [5, 5.41) is 0. The molecular weight excluding hydrogens is 295 g/mol. The first kappa shape index (κ1) is 16.6. The molecule has 2 aromatic carbocycles. The molecule has 0 aliphatic carbocycles. The van der Waals surface area contributed by atoms with Gasteiger partial charge in [-0.05, 0) is 42.3 Å². The number of halogens is 1. The molecule has 2 aromatic rings. The van der Waals surface area contributed by atoms with Crippen molar-refractivity contribution in [3.05, 3.63) is 65.0 Å². The van der Waals surface area contributed by atoms with Crippen LogP contribution in [0.3, 0.4) is 0 Å². The highest BCUT2D eigenvalue weighted by Crippen LogP contribution is 2.18. The normalized spacial score (nSPS) is 9.70. The molecule has 0 fully saturated rings. The number of hydrogen-bond acceptors (Lipinski definition) is 3. The number of carbonyl (C=O) groups is 1. The summed E-state index contributed by atoms with van der Waals surface area (Å²) in [7, 11) is 1.39.